The van der Waals surface area contributed by atoms with Crippen molar-refractivity contribution in [1.82, 2.24) is 19.4 Å². The molecule has 0 amide bonds. The van der Waals surface area contributed by atoms with Crippen LogP contribution in [0.15, 0.2) is 54.9 Å². The van der Waals surface area contributed by atoms with Crippen LogP contribution in [0, 0.1) is 0 Å². The summed E-state index contributed by atoms with van der Waals surface area (Å²) >= 11 is 0. The first-order valence-electron chi connectivity index (χ1n) is 14.8. The fourth-order valence-electron chi connectivity index (χ4n) is 5.70. The summed E-state index contributed by atoms with van der Waals surface area (Å²) in [5.41, 5.74) is 10.9. The number of rotatable bonds is 9. The van der Waals surface area contributed by atoms with Crippen molar-refractivity contribution in [2.75, 3.05) is 13.1 Å². The van der Waals surface area contributed by atoms with Gasteiger partial charge in [-0.15, -0.1) is 0 Å². The van der Waals surface area contributed by atoms with E-state index in [4.69, 9.17) is 20.4 Å². The van der Waals surface area contributed by atoms with Crippen LogP contribution in [-0.4, -0.2) is 44.1 Å². The third-order valence-corrected chi connectivity index (χ3v) is 7.29. The lowest BCUT2D eigenvalue weighted by atomic mass is 9.90. The van der Waals surface area contributed by atoms with E-state index in [0.29, 0.717) is 6.54 Å². The van der Waals surface area contributed by atoms with E-state index in [1.807, 2.05) is 69.8 Å². The summed E-state index contributed by atoms with van der Waals surface area (Å²) in [5.74, 6) is -0.251. The van der Waals surface area contributed by atoms with Gasteiger partial charge in [0.05, 0.1) is 29.1 Å². The summed E-state index contributed by atoms with van der Waals surface area (Å²) in [6.45, 7) is 12.2. The summed E-state index contributed by atoms with van der Waals surface area (Å²) < 4.78 is 7.65. The summed E-state index contributed by atoms with van der Waals surface area (Å²) in [5, 5.41) is 2.23. The van der Waals surface area contributed by atoms with Gasteiger partial charge in [-0.25, -0.2) is 0 Å². The normalized spacial score (nSPS) is 15.1. The number of fused-ring (bicyclic) bond motifs is 4. The summed E-state index contributed by atoms with van der Waals surface area (Å²) in [6, 6.07) is 15.0. The zero-order valence-corrected chi connectivity index (χ0v) is 24.8. The Hall–Kier alpha value is -3.29. The maximum absolute atomic E-state index is 12.7. The second-order valence-electron chi connectivity index (χ2n) is 11.3. The van der Waals surface area contributed by atoms with Gasteiger partial charge in [0.1, 0.15) is 12.1 Å². The average Bonchev–Trinajstić information content (AvgIpc) is 3.25. The molecule has 7 heteroatoms. The molecule has 7 nitrogen and oxygen atoms in total. The van der Waals surface area contributed by atoms with E-state index < -0.39 is 5.60 Å². The summed E-state index contributed by atoms with van der Waals surface area (Å²) in [4.78, 5) is 25.0. The van der Waals surface area contributed by atoms with Crippen LogP contribution in [0.1, 0.15) is 83.3 Å². The third kappa shape index (κ3) is 6.88. The lowest BCUT2D eigenvalue weighted by molar-refractivity contribution is -0.155. The molecule has 4 aromatic rings. The van der Waals surface area contributed by atoms with Crippen LogP contribution in [0.5, 0.6) is 0 Å². The fraction of sp³-hybridized carbons (Fsp3) is 0.485. The smallest absolute Gasteiger partial charge is 0.326 e. The van der Waals surface area contributed by atoms with E-state index in [9.17, 15) is 4.79 Å². The van der Waals surface area contributed by atoms with Gasteiger partial charge in [-0.2, -0.15) is 0 Å². The molecule has 3 aromatic heterocycles. The largest absolute Gasteiger partial charge is 0.459 e. The number of benzene rings is 1. The van der Waals surface area contributed by atoms with Crippen molar-refractivity contribution < 1.29 is 9.53 Å². The van der Waals surface area contributed by atoms with Crippen LogP contribution in [0.4, 0.5) is 0 Å². The van der Waals surface area contributed by atoms with Crippen molar-refractivity contribution in [2.45, 2.75) is 91.5 Å². The number of aromatic nitrogens is 3. The lowest BCUT2D eigenvalue weighted by Crippen LogP contribution is -2.33. The quantitative estimate of drug-likeness (QED) is 0.190. The van der Waals surface area contributed by atoms with E-state index >= 15 is 0 Å². The standard InChI is InChI=1S/C31H39N5O2.C2H6/c1-31(2,3)38-29(37)21-36-26-13-5-4-12-24(26)25-18-23(34-19-28(25)36)20-35(17-7-6-15-32)27-14-8-10-22-11-9-16-33-30(22)27;1-2/h4-5,9,11-13,16,18-19,27H,6-8,10,14-15,17,20-21,32H2,1-3H3;1-2H3/t27-;/m0./s1. The van der Waals surface area contributed by atoms with E-state index in [1.54, 1.807) is 0 Å². The van der Waals surface area contributed by atoms with E-state index in [-0.39, 0.29) is 18.6 Å². The number of pyridine rings is 2. The molecular formula is C33H45N5O2. The molecule has 2 N–H and O–H groups in total. The number of esters is 1. The molecule has 0 aliphatic heterocycles. The monoisotopic (exact) mass is 543 g/mol. The van der Waals surface area contributed by atoms with Crippen molar-refractivity contribution >= 4 is 27.8 Å². The molecular weight excluding hydrogens is 498 g/mol. The summed E-state index contributed by atoms with van der Waals surface area (Å²) in [7, 11) is 0. The van der Waals surface area contributed by atoms with Crippen molar-refractivity contribution in [3.05, 3.63) is 71.8 Å². The van der Waals surface area contributed by atoms with Gasteiger partial charge in [-0.05, 0) is 89.7 Å². The van der Waals surface area contributed by atoms with E-state index in [0.717, 1.165) is 66.3 Å². The third-order valence-electron chi connectivity index (χ3n) is 7.29. The van der Waals surface area contributed by atoms with Gasteiger partial charge in [0, 0.05) is 29.0 Å². The van der Waals surface area contributed by atoms with Gasteiger partial charge in [0.25, 0.3) is 0 Å². The predicted molar refractivity (Wildman–Crippen MR) is 163 cm³/mol. The van der Waals surface area contributed by atoms with Crippen LogP contribution < -0.4 is 5.73 Å². The molecule has 0 radical (unpaired) electrons. The minimum absolute atomic E-state index is 0.151. The Kier molecular flexibility index (Phi) is 9.93. The van der Waals surface area contributed by atoms with Crippen LogP contribution in [0.2, 0.25) is 0 Å². The van der Waals surface area contributed by atoms with Crippen LogP contribution in [-0.2, 0) is 29.0 Å². The number of ether oxygens (including phenoxy) is 1. The number of hydrogen-bond acceptors (Lipinski definition) is 6. The minimum atomic E-state index is -0.527. The van der Waals surface area contributed by atoms with Crippen molar-refractivity contribution in [1.29, 1.82) is 0 Å². The highest BCUT2D eigenvalue weighted by Gasteiger charge is 2.27. The average molecular weight is 544 g/mol. The second-order valence-corrected chi connectivity index (χ2v) is 11.3. The topological polar surface area (TPSA) is 86.3 Å². The van der Waals surface area contributed by atoms with Gasteiger partial charge in [0.15, 0.2) is 0 Å². The first-order valence-corrected chi connectivity index (χ1v) is 14.8. The van der Waals surface area contributed by atoms with Crippen LogP contribution in [0.3, 0.4) is 0 Å². The highest BCUT2D eigenvalue weighted by Crippen LogP contribution is 2.35. The predicted octanol–water partition coefficient (Wildman–Crippen LogP) is 6.57. The maximum Gasteiger partial charge on any atom is 0.326 e. The number of carbonyl (C=O) groups excluding carboxylic acids is 1. The Bertz CT molecular complexity index is 1420. The molecule has 0 bridgehead atoms. The molecule has 0 saturated carbocycles. The summed E-state index contributed by atoms with van der Waals surface area (Å²) in [6.07, 6.45) is 9.25. The van der Waals surface area contributed by atoms with Gasteiger partial charge in [-0.1, -0.05) is 38.1 Å². The number of nitrogens with zero attached hydrogens (tertiary/aromatic N) is 4. The van der Waals surface area contributed by atoms with Crippen molar-refractivity contribution in [2.24, 2.45) is 5.73 Å². The molecule has 5 rings (SSSR count). The highest BCUT2D eigenvalue weighted by atomic mass is 16.6. The van der Waals surface area contributed by atoms with Crippen LogP contribution >= 0.6 is 0 Å². The molecule has 1 aliphatic carbocycles. The molecule has 1 aliphatic rings. The molecule has 0 unspecified atom stereocenters. The number of hydrogen-bond donors (Lipinski definition) is 1. The van der Waals surface area contributed by atoms with Gasteiger partial charge >= 0.3 is 5.97 Å². The Morgan fingerprint density at radius 2 is 1.88 bits per heavy atom. The van der Waals surface area contributed by atoms with Gasteiger partial charge in [0.2, 0.25) is 0 Å². The highest BCUT2D eigenvalue weighted by molar-refractivity contribution is 6.08. The molecule has 1 atom stereocenters. The Morgan fingerprint density at radius 3 is 2.65 bits per heavy atom. The zero-order valence-electron chi connectivity index (χ0n) is 24.8. The van der Waals surface area contributed by atoms with E-state index in [1.165, 1.54) is 17.7 Å². The Morgan fingerprint density at radius 1 is 1.07 bits per heavy atom. The Labute approximate surface area is 238 Å². The zero-order chi connectivity index (χ0) is 28.7. The number of para-hydroxylation sites is 1. The molecule has 0 fully saturated rings. The van der Waals surface area contributed by atoms with Crippen molar-refractivity contribution in [3.8, 4) is 0 Å². The first-order chi connectivity index (χ1) is 19.3. The molecule has 0 spiro atoms. The molecule has 0 saturated heterocycles. The van der Waals surface area contributed by atoms with Gasteiger partial charge < -0.3 is 15.0 Å². The molecule has 1 aromatic carbocycles. The SMILES string of the molecule is CC.CC(C)(C)OC(=O)Cn1c2ccccc2c2cc(CN(CCCCN)[C@H]3CCCc4cccnc43)ncc21. The second kappa shape index (κ2) is 13.4. The number of unbranched alkanes of at least 4 members (excludes halogenated alkanes) is 1. The Balaban J connectivity index is 0.00000181. The number of nitrogens with two attached hydrogens (primary N) is 1. The molecule has 3 heterocycles. The maximum atomic E-state index is 12.7. The first kappa shape index (κ1) is 29.7. The van der Waals surface area contributed by atoms with Gasteiger partial charge in [-0.3, -0.25) is 19.7 Å². The lowest BCUT2D eigenvalue weighted by Gasteiger charge is -2.35. The molecule has 40 heavy (non-hydrogen) atoms. The molecule has 214 valence electrons. The van der Waals surface area contributed by atoms with Crippen LogP contribution in [0.25, 0.3) is 21.8 Å². The fourth-order valence-corrected chi connectivity index (χ4v) is 5.70. The minimum Gasteiger partial charge on any atom is -0.459 e. The number of carbonyl (C=O) groups is 1. The number of aryl methyl sites for hydroxylation is 1. The van der Waals surface area contributed by atoms with Crippen molar-refractivity contribution in [3.63, 3.8) is 0 Å². The van der Waals surface area contributed by atoms with E-state index in [2.05, 4.69) is 29.2 Å².